The van der Waals surface area contributed by atoms with Crippen LogP contribution in [0.2, 0.25) is 0 Å². The average Bonchev–Trinajstić information content (AvgIpc) is 2.41. The second-order valence-corrected chi connectivity index (χ2v) is 6.94. The van der Waals surface area contributed by atoms with Gasteiger partial charge < -0.3 is 4.74 Å². The molecule has 0 aliphatic rings. The molecule has 6 heteroatoms. The summed E-state index contributed by atoms with van der Waals surface area (Å²) in [6.45, 7) is 8.12. The van der Waals surface area contributed by atoms with Crippen LogP contribution < -0.4 is 16.0 Å². The fraction of sp³-hybridized carbons (Fsp3) is 0.375. The summed E-state index contributed by atoms with van der Waals surface area (Å²) in [6, 6.07) is 3.26. The molecule has 0 spiro atoms. The Balaban J connectivity index is 2.86. The molecule has 0 atom stereocenters. The van der Waals surface area contributed by atoms with Gasteiger partial charge in [-0.2, -0.15) is 0 Å². The first-order valence-electron chi connectivity index (χ1n) is 6.86. The van der Waals surface area contributed by atoms with Crippen LogP contribution in [-0.2, 0) is 5.41 Å². The Morgan fingerprint density at radius 1 is 1.27 bits per heavy atom. The molecule has 1 N–H and O–H groups in total. The third-order valence-electron chi connectivity index (χ3n) is 3.53. The molecule has 5 nitrogen and oxygen atoms in total. The maximum atomic E-state index is 12.1. The van der Waals surface area contributed by atoms with Gasteiger partial charge >= 0.3 is 5.69 Å². The van der Waals surface area contributed by atoms with Crippen molar-refractivity contribution in [3.8, 4) is 11.4 Å². The second kappa shape index (κ2) is 5.76. The fourth-order valence-electron chi connectivity index (χ4n) is 2.33. The first-order chi connectivity index (χ1) is 10.2. The highest BCUT2D eigenvalue weighted by molar-refractivity contribution is 9.10. The number of halogens is 1. The zero-order chi connectivity index (χ0) is 16.7. The Hall–Kier alpha value is -1.82. The lowest BCUT2D eigenvalue weighted by Gasteiger charge is -2.25. The second-order valence-electron chi connectivity index (χ2n) is 6.15. The van der Waals surface area contributed by atoms with E-state index in [1.165, 1.54) is 16.8 Å². The number of methoxy groups -OCH3 is 1. The number of rotatable bonds is 2. The number of hydrogen-bond donors (Lipinski definition) is 1. The van der Waals surface area contributed by atoms with E-state index < -0.39 is 11.2 Å². The normalized spacial score (nSPS) is 11.5. The molecule has 1 aromatic carbocycles. The van der Waals surface area contributed by atoms with Gasteiger partial charge in [0, 0.05) is 17.8 Å². The predicted molar refractivity (Wildman–Crippen MR) is 90.3 cm³/mol. The number of H-pyrrole nitrogens is 1. The SMILES string of the molecule is COc1c(C(C)(C)C)cc(-n2ccc(=O)[nH]c2=O)c(C)c1Br. The van der Waals surface area contributed by atoms with E-state index in [0.717, 1.165) is 21.3 Å². The van der Waals surface area contributed by atoms with Crippen LogP contribution in [0.3, 0.4) is 0 Å². The van der Waals surface area contributed by atoms with Gasteiger partial charge in [0.25, 0.3) is 5.56 Å². The Morgan fingerprint density at radius 3 is 2.41 bits per heavy atom. The summed E-state index contributed by atoms with van der Waals surface area (Å²) in [4.78, 5) is 25.6. The summed E-state index contributed by atoms with van der Waals surface area (Å²) in [5.74, 6) is 0.756. The summed E-state index contributed by atoms with van der Waals surface area (Å²) >= 11 is 3.56. The molecule has 0 radical (unpaired) electrons. The summed E-state index contributed by atoms with van der Waals surface area (Å²) in [7, 11) is 1.63. The van der Waals surface area contributed by atoms with Crippen LogP contribution in [0.25, 0.3) is 5.69 Å². The Kier molecular flexibility index (Phi) is 4.33. The van der Waals surface area contributed by atoms with E-state index in [0.29, 0.717) is 5.69 Å². The van der Waals surface area contributed by atoms with E-state index in [2.05, 4.69) is 41.7 Å². The quantitative estimate of drug-likeness (QED) is 0.888. The van der Waals surface area contributed by atoms with Crippen LogP contribution >= 0.6 is 15.9 Å². The lowest BCUT2D eigenvalue weighted by Crippen LogP contribution is -2.28. The number of nitrogens with one attached hydrogen (secondary N) is 1. The maximum Gasteiger partial charge on any atom is 0.332 e. The fourth-order valence-corrected chi connectivity index (χ4v) is 2.90. The highest BCUT2D eigenvalue weighted by Gasteiger charge is 2.24. The van der Waals surface area contributed by atoms with Crippen molar-refractivity contribution in [2.75, 3.05) is 7.11 Å². The number of aromatic nitrogens is 2. The summed E-state index contributed by atoms with van der Waals surface area (Å²) in [5.41, 5.74) is 1.50. The molecule has 0 aliphatic heterocycles. The molecule has 0 saturated carbocycles. The van der Waals surface area contributed by atoms with E-state index in [-0.39, 0.29) is 5.41 Å². The first-order valence-corrected chi connectivity index (χ1v) is 7.66. The minimum absolute atomic E-state index is 0.165. The molecule has 1 aromatic heterocycles. The van der Waals surface area contributed by atoms with Gasteiger partial charge in [0.2, 0.25) is 0 Å². The van der Waals surface area contributed by atoms with Gasteiger partial charge in [-0.15, -0.1) is 0 Å². The largest absolute Gasteiger partial charge is 0.495 e. The predicted octanol–water partition coefficient (Wildman–Crippen LogP) is 2.90. The van der Waals surface area contributed by atoms with Gasteiger partial charge in [0.15, 0.2) is 0 Å². The van der Waals surface area contributed by atoms with E-state index in [1.54, 1.807) is 7.11 Å². The molecule has 2 aromatic rings. The van der Waals surface area contributed by atoms with Crippen molar-refractivity contribution in [2.45, 2.75) is 33.1 Å². The van der Waals surface area contributed by atoms with Crippen LogP contribution in [0.1, 0.15) is 31.9 Å². The minimum atomic E-state index is -0.465. The van der Waals surface area contributed by atoms with Crippen molar-refractivity contribution in [1.29, 1.82) is 0 Å². The van der Waals surface area contributed by atoms with Gasteiger partial charge in [-0.05, 0) is 39.9 Å². The van der Waals surface area contributed by atoms with E-state index in [4.69, 9.17) is 4.74 Å². The number of nitrogens with zero attached hydrogens (tertiary/aromatic N) is 1. The van der Waals surface area contributed by atoms with E-state index in [9.17, 15) is 9.59 Å². The van der Waals surface area contributed by atoms with E-state index >= 15 is 0 Å². The maximum absolute atomic E-state index is 12.1. The molecule has 2 rings (SSSR count). The molecule has 0 saturated heterocycles. The third kappa shape index (κ3) is 2.88. The lowest BCUT2D eigenvalue weighted by molar-refractivity contribution is 0.394. The number of ether oxygens (including phenoxy) is 1. The zero-order valence-electron chi connectivity index (χ0n) is 13.3. The lowest BCUT2D eigenvalue weighted by atomic mass is 9.85. The van der Waals surface area contributed by atoms with Gasteiger partial charge in [0.1, 0.15) is 5.75 Å². The van der Waals surface area contributed by atoms with Crippen molar-refractivity contribution in [3.63, 3.8) is 0 Å². The standard InChI is InChI=1S/C16H19BrN2O3/c1-9-11(19-7-6-12(20)18-15(19)21)8-10(16(2,3)4)14(22-5)13(9)17/h6-8H,1-5H3,(H,18,20,21). The van der Waals surface area contributed by atoms with Crippen molar-refractivity contribution in [1.82, 2.24) is 9.55 Å². The molecule has 0 unspecified atom stereocenters. The molecular weight excluding hydrogens is 348 g/mol. The molecule has 118 valence electrons. The Morgan fingerprint density at radius 2 is 1.91 bits per heavy atom. The van der Waals surface area contributed by atoms with Crippen molar-refractivity contribution < 1.29 is 4.74 Å². The molecule has 22 heavy (non-hydrogen) atoms. The Bertz CT molecular complexity index is 829. The number of aromatic amines is 1. The van der Waals surface area contributed by atoms with Crippen molar-refractivity contribution in [2.24, 2.45) is 0 Å². The Labute approximate surface area is 137 Å². The highest BCUT2D eigenvalue weighted by Crippen LogP contribution is 2.41. The molecule has 0 amide bonds. The summed E-state index contributed by atoms with van der Waals surface area (Å²) in [5, 5.41) is 0. The van der Waals surface area contributed by atoms with E-state index in [1.807, 2.05) is 13.0 Å². The number of benzene rings is 1. The van der Waals surface area contributed by atoms with Crippen molar-refractivity contribution in [3.05, 3.63) is 54.8 Å². The van der Waals surface area contributed by atoms with Crippen LogP contribution in [0.5, 0.6) is 5.75 Å². The zero-order valence-corrected chi connectivity index (χ0v) is 14.9. The smallest absolute Gasteiger partial charge is 0.332 e. The number of hydrogen-bond acceptors (Lipinski definition) is 3. The molecule has 0 bridgehead atoms. The molecule has 1 heterocycles. The first kappa shape index (κ1) is 16.5. The van der Waals surface area contributed by atoms with Gasteiger partial charge in [-0.25, -0.2) is 4.79 Å². The average molecular weight is 367 g/mol. The summed E-state index contributed by atoms with van der Waals surface area (Å²) < 4.78 is 7.76. The van der Waals surface area contributed by atoms with Crippen LogP contribution in [-0.4, -0.2) is 16.7 Å². The van der Waals surface area contributed by atoms with Crippen LogP contribution in [0.15, 0.2) is 32.4 Å². The molecular formula is C16H19BrN2O3. The monoisotopic (exact) mass is 366 g/mol. The topological polar surface area (TPSA) is 64.1 Å². The van der Waals surface area contributed by atoms with Crippen molar-refractivity contribution >= 4 is 15.9 Å². The van der Waals surface area contributed by atoms with Gasteiger partial charge in [-0.1, -0.05) is 20.8 Å². The summed E-state index contributed by atoms with van der Waals surface area (Å²) in [6.07, 6.45) is 1.48. The van der Waals surface area contributed by atoms with Gasteiger partial charge in [-0.3, -0.25) is 14.3 Å². The highest BCUT2D eigenvalue weighted by atomic mass is 79.9. The molecule has 0 aliphatic carbocycles. The third-order valence-corrected chi connectivity index (χ3v) is 4.49. The van der Waals surface area contributed by atoms with Crippen LogP contribution in [0, 0.1) is 6.92 Å². The van der Waals surface area contributed by atoms with Crippen LogP contribution in [0.4, 0.5) is 0 Å². The molecule has 0 fully saturated rings. The van der Waals surface area contributed by atoms with Gasteiger partial charge in [0.05, 0.1) is 17.3 Å². The minimum Gasteiger partial charge on any atom is -0.495 e.